The van der Waals surface area contributed by atoms with E-state index in [4.69, 9.17) is 9.47 Å². The zero-order valence-electron chi connectivity index (χ0n) is 15.2. The molecule has 0 fully saturated rings. The van der Waals surface area contributed by atoms with Crippen molar-refractivity contribution in [3.8, 4) is 11.5 Å². The average Bonchev–Trinajstić information content (AvgIpc) is 2.67. The van der Waals surface area contributed by atoms with Crippen molar-refractivity contribution < 1.29 is 9.47 Å². The van der Waals surface area contributed by atoms with Crippen LogP contribution in [-0.4, -0.2) is 32.2 Å². The minimum atomic E-state index is 0.441. The van der Waals surface area contributed by atoms with Crippen LogP contribution >= 0.6 is 0 Å². The monoisotopic (exact) mass is 335 g/mol. The van der Waals surface area contributed by atoms with E-state index in [1.54, 1.807) is 14.2 Å². The first-order chi connectivity index (χ1) is 12.2. The molecule has 4 rings (SSSR count). The van der Waals surface area contributed by atoms with Crippen LogP contribution < -0.4 is 9.47 Å². The standard InChI is InChI=1S/C22H25NO2/c1-15-11-20-18-13-22(25-3)21(24-2)12-17(18)9-10-23(20)14-19(15)16-7-5-4-6-8-16/h4-8,12-13,20H,9-11,14H2,1-3H3/t20-/m1/s1. The van der Waals surface area contributed by atoms with Crippen LogP contribution in [0.5, 0.6) is 11.5 Å². The summed E-state index contributed by atoms with van der Waals surface area (Å²) in [5.74, 6) is 1.67. The molecule has 2 aliphatic heterocycles. The third kappa shape index (κ3) is 2.83. The van der Waals surface area contributed by atoms with Crippen molar-refractivity contribution in [3.05, 3.63) is 64.7 Å². The molecule has 0 N–H and O–H groups in total. The normalized spacial score (nSPS) is 20.0. The molecule has 0 aromatic heterocycles. The van der Waals surface area contributed by atoms with Gasteiger partial charge in [0.25, 0.3) is 0 Å². The molecular weight excluding hydrogens is 310 g/mol. The maximum Gasteiger partial charge on any atom is 0.161 e. The van der Waals surface area contributed by atoms with E-state index in [1.165, 1.54) is 27.8 Å². The number of hydrogen-bond acceptors (Lipinski definition) is 3. The molecule has 0 saturated heterocycles. The maximum atomic E-state index is 5.54. The molecule has 2 aromatic carbocycles. The number of rotatable bonds is 3. The van der Waals surface area contributed by atoms with Crippen molar-refractivity contribution in [2.24, 2.45) is 0 Å². The molecule has 0 saturated carbocycles. The predicted molar refractivity (Wildman–Crippen MR) is 101 cm³/mol. The van der Waals surface area contributed by atoms with Crippen LogP contribution in [0.25, 0.3) is 5.57 Å². The number of nitrogens with zero attached hydrogens (tertiary/aromatic N) is 1. The summed E-state index contributed by atoms with van der Waals surface area (Å²) in [6.45, 7) is 4.40. The smallest absolute Gasteiger partial charge is 0.161 e. The molecule has 2 heterocycles. The Labute approximate surface area is 149 Å². The molecule has 3 nitrogen and oxygen atoms in total. The Morgan fingerprint density at radius 3 is 2.44 bits per heavy atom. The largest absolute Gasteiger partial charge is 0.493 e. The highest BCUT2D eigenvalue weighted by Gasteiger charge is 2.33. The lowest BCUT2D eigenvalue weighted by molar-refractivity contribution is 0.197. The topological polar surface area (TPSA) is 21.7 Å². The summed E-state index contributed by atoms with van der Waals surface area (Å²) < 4.78 is 11.0. The lowest BCUT2D eigenvalue weighted by Gasteiger charge is -2.42. The highest BCUT2D eigenvalue weighted by molar-refractivity contribution is 5.71. The van der Waals surface area contributed by atoms with Gasteiger partial charge in [0.05, 0.1) is 14.2 Å². The van der Waals surface area contributed by atoms with Crippen LogP contribution in [0.1, 0.15) is 36.1 Å². The fourth-order valence-corrected chi connectivity index (χ4v) is 4.24. The van der Waals surface area contributed by atoms with Gasteiger partial charge in [-0.2, -0.15) is 0 Å². The molecule has 1 atom stereocenters. The SMILES string of the molecule is COc1cc2c(cc1OC)[C@H]1CC(C)=C(c3ccccc3)CN1CC2. The molecule has 0 spiro atoms. The highest BCUT2D eigenvalue weighted by Crippen LogP contribution is 2.44. The Bertz CT molecular complexity index is 810. The first-order valence-corrected chi connectivity index (χ1v) is 8.94. The van der Waals surface area contributed by atoms with Crippen LogP contribution in [0.2, 0.25) is 0 Å². The Hall–Kier alpha value is -2.26. The van der Waals surface area contributed by atoms with Crippen molar-refractivity contribution in [1.82, 2.24) is 4.90 Å². The number of ether oxygens (including phenoxy) is 2. The molecule has 2 aliphatic rings. The van der Waals surface area contributed by atoms with Crippen LogP contribution in [0.3, 0.4) is 0 Å². The van der Waals surface area contributed by atoms with E-state index in [-0.39, 0.29) is 0 Å². The molecule has 0 amide bonds. The van der Waals surface area contributed by atoms with Gasteiger partial charge in [-0.15, -0.1) is 0 Å². The predicted octanol–water partition coefficient (Wildman–Crippen LogP) is 4.48. The third-order valence-electron chi connectivity index (χ3n) is 5.61. The Kier molecular flexibility index (Phi) is 4.26. The van der Waals surface area contributed by atoms with E-state index in [2.05, 4.69) is 54.3 Å². The van der Waals surface area contributed by atoms with Gasteiger partial charge in [0.1, 0.15) is 0 Å². The van der Waals surface area contributed by atoms with Gasteiger partial charge in [0.2, 0.25) is 0 Å². The summed E-state index contributed by atoms with van der Waals surface area (Å²) in [5, 5.41) is 0. The third-order valence-corrected chi connectivity index (χ3v) is 5.61. The molecular formula is C22H25NO2. The molecule has 2 aromatic rings. The minimum absolute atomic E-state index is 0.441. The van der Waals surface area contributed by atoms with E-state index in [9.17, 15) is 0 Å². The molecule has 0 bridgehead atoms. The van der Waals surface area contributed by atoms with Gasteiger partial charge < -0.3 is 9.47 Å². The van der Waals surface area contributed by atoms with Gasteiger partial charge in [0.15, 0.2) is 11.5 Å². The van der Waals surface area contributed by atoms with Crippen molar-refractivity contribution in [2.75, 3.05) is 27.3 Å². The molecule has 0 aliphatic carbocycles. The van der Waals surface area contributed by atoms with Crippen LogP contribution in [0.4, 0.5) is 0 Å². The highest BCUT2D eigenvalue weighted by atomic mass is 16.5. The number of hydrogen-bond donors (Lipinski definition) is 0. The molecule has 0 unspecified atom stereocenters. The van der Waals surface area contributed by atoms with Crippen LogP contribution in [0.15, 0.2) is 48.0 Å². The van der Waals surface area contributed by atoms with Crippen molar-refractivity contribution in [3.63, 3.8) is 0 Å². The van der Waals surface area contributed by atoms with Crippen molar-refractivity contribution >= 4 is 5.57 Å². The lowest BCUT2D eigenvalue weighted by Crippen LogP contribution is -2.39. The van der Waals surface area contributed by atoms with E-state index < -0.39 is 0 Å². The summed E-state index contributed by atoms with van der Waals surface area (Å²) >= 11 is 0. The number of methoxy groups -OCH3 is 2. The van der Waals surface area contributed by atoms with E-state index >= 15 is 0 Å². The second-order valence-electron chi connectivity index (χ2n) is 6.97. The Balaban J connectivity index is 1.72. The first kappa shape index (κ1) is 16.2. The quantitative estimate of drug-likeness (QED) is 0.825. The molecule has 130 valence electrons. The second-order valence-corrected chi connectivity index (χ2v) is 6.97. The summed E-state index contributed by atoms with van der Waals surface area (Å²) in [5.41, 5.74) is 7.14. The lowest BCUT2D eigenvalue weighted by atomic mass is 9.83. The fourth-order valence-electron chi connectivity index (χ4n) is 4.24. The minimum Gasteiger partial charge on any atom is -0.493 e. The number of benzene rings is 2. The van der Waals surface area contributed by atoms with Gasteiger partial charge in [-0.1, -0.05) is 35.9 Å². The summed E-state index contributed by atoms with van der Waals surface area (Å²) in [6.07, 6.45) is 2.14. The molecule has 0 radical (unpaired) electrons. The maximum absolute atomic E-state index is 5.54. The van der Waals surface area contributed by atoms with E-state index in [0.29, 0.717) is 6.04 Å². The van der Waals surface area contributed by atoms with Gasteiger partial charge in [-0.3, -0.25) is 4.90 Å². The van der Waals surface area contributed by atoms with E-state index in [1.807, 2.05) is 0 Å². The van der Waals surface area contributed by atoms with Gasteiger partial charge >= 0.3 is 0 Å². The zero-order valence-corrected chi connectivity index (χ0v) is 15.2. The average molecular weight is 335 g/mol. The molecule has 3 heteroatoms. The molecule has 25 heavy (non-hydrogen) atoms. The Morgan fingerprint density at radius 2 is 1.72 bits per heavy atom. The van der Waals surface area contributed by atoms with Crippen molar-refractivity contribution in [2.45, 2.75) is 25.8 Å². The summed E-state index contributed by atoms with van der Waals surface area (Å²) in [4.78, 5) is 2.61. The van der Waals surface area contributed by atoms with Crippen LogP contribution in [0, 0.1) is 0 Å². The zero-order chi connectivity index (χ0) is 17.4. The van der Waals surface area contributed by atoms with E-state index in [0.717, 1.165) is 37.4 Å². The second kappa shape index (κ2) is 6.57. The number of fused-ring (bicyclic) bond motifs is 3. The van der Waals surface area contributed by atoms with Crippen molar-refractivity contribution in [1.29, 1.82) is 0 Å². The fraction of sp³-hybridized carbons (Fsp3) is 0.364. The summed E-state index contributed by atoms with van der Waals surface area (Å²) in [7, 11) is 3.42. The van der Waals surface area contributed by atoms with Gasteiger partial charge in [0, 0.05) is 19.1 Å². The van der Waals surface area contributed by atoms with Gasteiger partial charge in [-0.05, 0) is 54.2 Å². The van der Waals surface area contributed by atoms with Gasteiger partial charge in [-0.25, -0.2) is 0 Å². The first-order valence-electron chi connectivity index (χ1n) is 8.94. The summed E-state index contributed by atoms with van der Waals surface area (Å²) in [6, 6.07) is 15.6. The Morgan fingerprint density at radius 1 is 1.00 bits per heavy atom. The van der Waals surface area contributed by atoms with Crippen LogP contribution in [-0.2, 0) is 6.42 Å².